The molecule has 110 valence electrons. The summed E-state index contributed by atoms with van der Waals surface area (Å²) in [5.41, 5.74) is 0.884. The van der Waals surface area contributed by atoms with Crippen LogP contribution in [0.2, 0.25) is 0 Å². The molecule has 20 heavy (non-hydrogen) atoms. The largest absolute Gasteiger partial charge is 0.464 e. The molecule has 0 aliphatic carbocycles. The van der Waals surface area contributed by atoms with Crippen molar-refractivity contribution in [2.45, 2.75) is 40.3 Å². The zero-order valence-corrected chi connectivity index (χ0v) is 12.5. The summed E-state index contributed by atoms with van der Waals surface area (Å²) in [6.45, 7) is 10.7. The van der Waals surface area contributed by atoms with E-state index in [9.17, 15) is 4.79 Å². The highest BCUT2D eigenvalue weighted by atomic mass is 16.8. The summed E-state index contributed by atoms with van der Waals surface area (Å²) in [5, 5.41) is 0. The van der Waals surface area contributed by atoms with Gasteiger partial charge in [0, 0.05) is 5.56 Å². The number of carbonyl (C=O) groups excluding carboxylic acids is 1. The first-order chi connectivity index (χ1) is 9.43. The molecule has 2 atom stereocenters. The van der Waals surface area contributed by atoms with E-state index in [0.717, 1.165) is 5.56 Å². The fourth-order valence-electron chi connectivity index (χ4n) is 1.56. The molecule has 0 saturated carbocycles. The number of hydrogen-bond acceptors (Lipinski definition) is 4. The van der Waals surface area contributed by atoms with Crippen LogP contribution in [0.4, 0.5) is 0 Å². The van der Waals surface area contributed by atoms with Crippen LogP contribution in [0.3, 0.4) is 0 Å². The molecule has 2 unspecified atom stereocenters. The highest BCUT2D eigenvalue weighted by Gasteiger charge is 2.16. The van der Waals surface area contributed by atoms with Gasteiger partial charge in [0.1, 0.15) is 5.75 Å². The van der Waals surface area contributed by atoms with Gasteiger partial charge in [0.2, 0.25) is 12.6 Å². The Kier molecular flexibility index (Phi) is 6.25. The van der Waals surface area contributed by atoms with Crippen LogP contribution in [0.15, 0.2) is 30.8 Å². The predicted octanol–water partition coefficient (Wildman–Crippen LogP) is 3.62. The van der Waals surface area contributed by atoms with Gasteiger partial charge in [-0.15, -0.1) is 0 Å². The standard InChI is InChI=1S/C16H22O4/c1-6-14-9-7-8-10-15(14)19-12(4)18-13(5)20-16(17)11(2)3/h6-13H,1H2,2-5H3. The summed E-state index contributed by atoms with van der Waals surface area (Å²) in [6.07, 6.45) is 0.520. The zero-order valence-electron chi connectivity index (χ0n) is 12.5. The Bertz CT molecular complexity index is 454. The molecule has 1 aromatic carbocycles. The van der Waals surface area contributed by atoms with Gasteiger partial charge in [-0.1, -0.05) is 44.7 Å². The van der Waals surface area contributed by atoms with Gasteiger partial charge >= 0.3 is 5.97 Å². The van der Waals surface area contributed by atoms with Crippen molar-refractivity contribution >= 4 is 12.0 Å². The molecule has 0 heterocycles. The smallest absolute Gasteiger partial charge is 0.310 e. The molecule has 0 aliphatic rings. The van der Waals surface area contributed by atoms with Crippen molar-refractivity contribution in [3.63, 3.8) is 0 Å². The van der Waals surface area contributed by atoms with Gasteiger partial charge in [0.25, 0.3) is 0 Å². The number of esters is 1. The van der Waals surface area contributed by atoms with Crippen LogP contribution in [0, 0.1) is 5.92 Å². The van der Waals surface area contributed by atoms with E-state index >= 15 is 0 Å². The van der Waals surface area contributed by atoms with Crippen LogP contribution >= 0.6 is 0 Å². The van der Waals surface area contributed by atoms with Crippen molar-refractivity contribution in [1.82, 2.24) is 0 Å². The number of rotatable bonds is 7. The van der Waals surface area contributed by atoms with Crippen LogP contribution in [-0.2, 0) is 14.3 Å². The molecular formula is C16H22O4. The number of hydrogen-bond donors (Lipinski definition) is 0. The summed E-state index contributed by atoms with van der Waals surface area (Å²) in [4.78, 5) is 11.4. The minimum Gasteiger partial charge on any atom is -0.464 e. The van der Waals surface area contributed by atoms with Crippen molar-refractivity contribution in [1.29, 1.82) is 0 Å². The molecule has 4 heteroatoms. The van der Waals surface area contributed by atoms with E-state index in [4.69, 9.17) is 14.2 Å². The average Bonchev–Trinajstić information content (AvgIpc) is 2.38. The van der Waals surface area contributed by atoms with Crippen LogP contribution in [-0.4, -0.2) is 18.5 Å². The Hall–Kier alpha value is -1.81. The zero-order chi connectivity index (χ0) is 15.1. The summed E-state index contributed by atoms with van der Waals surface area (Å²) in [6, 6.07) is 7.51. The molecule has 0 aliphatic heterocycles. The summed E-state index contributed by atoms with van der Waals surface area (Å²) in [5.74, 6) is 0.201. The number of carbonyl (C=O) groups is 1. The first kappa shape index (κ1) is 16.2. The van der Waals surface area contributed by atoms with Gasteiger partial charge in [-0.25, -0.2) is 0 Å². The lowest BCUT2D eigenvalue weighted by Gasteiger charge is -2.21. The molecule has 0 bridgehead atoms. The van der Waals surface area contributed by atoms with Crippen LogP contribution < -0.4 is 4.74 Å². The third-order valence-electron chi connectivity index (χ3n) is 2.57. The minimum absolute atomic E-state index is 0.182. The van der Waals surface area contributed by atoms with E-state index in [1.54, 1.807) is 33.8 Å². The minimum atomic E-state index is -0.657. The Morgan fingerprint density at radius 2 is 1.80 bits per heavy atom. The van der Waals surface area contributed by atoms with Crippen molar-refractivity contribution in [2.75, 3.05) is 0 Å². The molecular weight excluding hydrogens is 256 g/mol. The van der Waals surface area contributed by atoms with Gasteiger partial charge in [-0.3, -0.25) is 4.79 Å². The fraction of sp³-hybridized carbons (Fsp3) is 0.438. The van der Waals surface area contributed by atoms with E-state index in [1.807, 2.05) is 24.3 Å². The van der Waals surface area contributed by atoms with Gasteiger partial charge in [-0.2, -0.15) is 0 Å². The number of ether oxygens (including phenoxy) is 3. The number of para-hydroxylation sites is 1. The second kappa shape index (κ2) is 7.70. The van der Waals surface area contributed by atoms with E-state index < -0.39 is 12.6 Å². The molecule has 0 N–H and O–H groups in total. The van der Waals surface area contributed by atoms with Crippen molar-refractivity contribution in [3.05, 3.63) is 36.4 Å². The normalized spacial score (nSPS) is 13.7. The Morgan fingerprint density at radius 1 is 1.15 bits per heavy atom. The van der Waals surface area contributed by atoms with E-state index in [0.29, 0.717) is 5.75 Å². The Balaban J connectivity index is 2.53. The molecule has 0 radical (unpaired) electrons. The predicted molar refractivity (Wildman–Crippen MR) is 78.1 cm³/mol. The monoisotopic (exact) mass is 278 g/mol. The summed E-state index contributed by atoms with van der Waals surface area (Å²) in [7, 11) is 0. The third kappa shape index (κ3) is 5.05. The van der Waals surface area contributed by atoms with Crippen LogP contribution in [0.5, 0.6) is 5.75 Å². The van der Waals surface area contributed by atoms with Gasteiger partial charge in [-0.05, 0) is 19.9 Å². The lowest BCUT2D eigenvalue weighted by atomic mass is 10.2. The molecule has 0 saturated heterocycles. The van der Waals surface area contributed by atoms with Crippen LogP contribution in [0.1, 0.15) is 33.3 Å². The maximum atomic E-state index is 11.4. The summed E-state index contributed by atoms with van der Waals surface area (Å²) >= 11 is 0. The topological polar surface area (TPSA) is 44.8 Å². The fourth-order valence-corrected chi connectivity index (χ4v) is 1.56. The first-order valence-electron chi connectivity index (χ1n) is 6.68. The first-order valence-corrected chi connectivity index (χ1v) is 6.68. The summed E-state index contributed by atoms with van der Waals surface area (Å²) < 4.78 is 16.3. The van der Waals surface area contributed by atoms with Crippen LogP contribution in [0.25, 0.3) is 6.08 Å². The molecule has 0 amide bonds. The average molecular weight is 278 g/mol. The Morgan fingerprint density at radius 3 is 2.40 bits per heavy atom. The Labute approximate surface area is 120 Å². The third-order valence-corrected chi connectivity index (χ3v) is 2.57. The SMILES string of the molecule is C=Cc1ccccc1OC(C)OC(C)OC(=O)C(C)C. The van der Waals surface area contributed by atoms with Gasteiger partial charge in [0.15, 0.2) is 0 Å². The lowest BCUT2D eigenvalue weighted by molar-refractivity contribution is -0.210. The van der Waals surface area contributed by atoms with Crippen molar-refractivity contribution < 1.29 is 19.0 Å². The molecule has 1 rings (SSSR count). The van der Waals surface area contributed by atoms with E-state index in [1.165, 1.54) is 0 Å². The molecule has 0 spiro atoms. The maximum absolute atomic E-state index is 11.4. The lowest BCUT2D eigenvalue weighted by Crippen LogP contribution is -2.28. The maximum Gasteiger partial charge on any atom is 0.310 e. The van der Waals surface area contributed by atoms with E-state index in [2.05, 4.69) is 6.58 Å². The highest BCUT2D eigenvalue weighted by molar-refractivity contribution is 5.71. The molecule has 4 nitrogen and oxygen atoms in total. The van der Waals surface area contributed by atoms with E-state index in [-0.39, 0.29) is 11.9 Å². The quantitative estimate of drug-likeness (QED) is 0.564. The second-order valence-corrected chi connectivity index (χ2v) is 4.72. The highest BCUT2D eigenvalue weighted by Crippen LogP contribution is 2.21. The number of benzene rings is 1. The second-order valence-electron chi connectivity index (χ2n) is 4.72. The van der Waals surface area contributed by atoms with Crippen molar-refractivity contribution in [2.24, 2.45) is 5.92 Å². The van der Waals surface area contributed by atoms with Crippen molar-refractivity contribution in [3.8, 4) is 5.75 Å². The molecule has 1 aromatic rings. The van der Waals surface area contributed by atoms with Gasteiger partial charge < -0.3 is 14.2 Å². The van der Waals surface area contributed by atoms with Gasteiger partial charge in [0.05, 0.1) is 5.92 Å². The molecule has 0 fully saturated rings. The molecule has 0 aromatic heterocycles.